The number of benzene rings is 1. The van der Waals surface area contributed by atoms with E-state index in [1.165, 1.54) is 6.20 Å². The van der Waals surface area contributed by atoms with Gasteiger partial charge in [-0.05, 0) is 51.5 Å². The van der Waals surface area contributed by atoms with Crippen LogP contribution in [0.25, 0.3) is 21.5 Å². The summed E-state index contributed by atoms with van der Waals surface area (Å²) in [5.74, 6) is 0.460. The van der Waals surface area contributed by atoms with Crippen molar-refractivity contribution in [2.45, 2.75) is 40.3 Å². The Bertz CT molecular complexity index is 1360. The SMILES string of the molecule is CCN(CC)c1nc2ccc(-c3nc(Nc4ccc(CN5CCN(C(C)C)CC5)cn4)ncc3F)cc2s1. The van der Waals surface area contributed by atoms with Gasteiger partial charge in [0.1, 0.15) is 11.5 Å². The molecule has 0 saturated carbocycles. The maximum atomic E-state index is 14.8. The van der Waals surface area contributed by atoms with Gasteiger partial charge in [-0.2, -0.15) is 0 Å². The fraction of sp³-hybridized carbons (Fsp3) is 0.429. The molecule has 4 heterocycles. The fourth-order valence-electron chi connectivity index (χ4n) is 4.72. The zero-order chi connectivity index (χ0) is 26.6. The molecule has 3 aromatic heterocycles. The first-order chi connectivity index (χ1) is 18.4. The Morgan fingerprint density at radius 2 is 1.79 bits per heavy atom. The number of thiazole rings is 1. The second-order valence-electron chi connectivity index (χ2n) is 9.82. The molecule has 5 rings (SSSR count). The Morgan fingerprint density at radius 3 is 2.47 bits per heavy atom. The Labute approximate surface area is 227 Å². The van der Waals surface area contributed by atoms with Crippen molar-refractivity contribution < 1.29 is 4.39 Å². The molecule has 8 nitrogen and oxygen atoms in total. The summed E-state index contributed by atoms with van der Waals surface area (Å²) in [7, 11) is 0. The van der Waals surface area contributed by atoms with Crippen LogP contribution in [-0.4, -0.2) is 75.0 Å². The lowest BCUT2D eigenvalue weighted by molar-refractivity contribution is 0.104. The standard InChI is InChI=1S/C28H35FN8S/c1-5-36(6-2)28-32-23-9-8-21(15-24(23)38-28)26-22(29)17-31-27(34-26)33-25-10-7-20(16-30-25)18-35-11-13-37(14-12-35)19(3)4/h7-10,15-17,19H,5-6,11-14,18H2,1-4H3,(H,30,31,33,34). The summed E-state index contributed by atoms with van der Waals surface area (Å²) in [5.41, 5.74) is 3.01. The van der Waals surface area contributed by atoms with Crippen molar-refractivity contribution in [3.8, 4) is 11.3 Å². The molecule has 0 bridgehead atoms. The van der Waals surface area contributed by atoms with Gasteiger partial charge in [0.25, 0.3) is 0 Å². The predicted molar refractivity (Wildman–Crippen MR) is 154 cm³/mol. The number of piperazine rings is 1. The molecule has 0 atom stereocenters. The van der Waals surface area contributed by atoms with Crippen molar-refractivity contribution in [1.82, 2.24) is 29.7 Å². The zero-order valence-corrected chi connectivity index (χ0v) is 23.3. The molecule has 10 heteroatoms. The first kappa shape index (κ1) is 26.4. The summed E-state index contributed by atoms with van der Waals surface area (Å²) in [6, 6.07) is 10.3. The molecular formula is C28H35FN8S. The lowest BCUT2D eigenvalue weighted by Crippen LogP contribution is -2.48. The summed E-state index contributed by atoms with van der Waals surface area (Å²) in [5, 5.41) is 4.10. The van der Waals surface area contributed by atoms with E-state index >= 15 is 0 Å². The molecule has 1 aromatic carbocycles. The number of hydrogen-bond donors (Lipinski definition) is 1. The summed E-state index contributed by atoms with van der Waals surface area (Å²) in [6.45, 7) is 15.7. The number of hydrogen-bond acceptors (Lipinski definition) is 9. The third kappa shape index (κ3) is 5.92. The molecule has 0 amide bonds. The van der Waals surface area contributed by atoms with Crippen LogP contribution in [0, 0.1) is 5.82 Å². The Morgan fingerprint density at radius 1 is 1.00 bits per heavy atom. The lowest BCUT2D eigenvalue weighted by Gasteiger charge is -2.36. The minimum absolute atomic E-state index is 0.249. The largest absolute Gasteiger partial charge is 0.349 e. The molecule has 1 N–H and O–H groups in total. The monoisotopic (exact) mass is 534 g/mol. The van der Waals surface area contributed by atoms with Crippen molar-refractivity contribution in [2.75, 3.05) is 49.5 Å². The van der Waals surface area contributed by atoms with Gasteiger partial charge < -0.3 is 10.2 Å². The van der Waals surface area contributed by atoms with Crippen LogP contribution in [0.1, 0.15) is 33.3 Å². The van der Waals surface area contributed by atoms with E-state index in [4.69, 9.17) is 4.98 Å². The third-order valence-corrected chi connectivity index (χ3v) is 8.12. The molecule has 0 spiro atoms. The number of fused-ring (bicyclic) bond motifs is 1. The lowest BCUT2D eigenvalue weighted by atomic mass is 10.1. The molecule has 4 aromatic rings. The zero-order valence-electron chi connectivity index (χ0n) is 22.5. The number of nitrogens with one attached hydrogen (secondary N) is 1. The third-order valence-electron chi connectivity index (χ3n) is 7.04. The minimum atomic E-state index is -0.468. The number of pyridine rings is 1. The van der Waals surface area contributed by atoms with E-state index in [-0.39, 0.29) is 5.69 Å². The Balaban J connectivity index is 1.27. The quantitative estimate of drug-likeness (QED) is 0.306. The first-order valence-corrected chi connectivity index (χ1v) is 14.1. The highest BCUT2D eigenvalue weighted by molar-refractivity contribution is 7.22. The molecule has 0 radical (unpaired) electrons. The van der Waals surface area contributed by atoms with E-state index in [0.717, 1.165) is 66.7 Å². The number of nitrogens with zero attached hydrogens (tertiary/aromatic N) is 7. The maximum Gasteiger partial charge on any atom is 0.229 e. The second kappa shape index (κ2) is 11.7. The van der Waals surface area contributed by atoms with Crippen LogP contribution in [0.3, 0.4) is 0 Å². The van der Waals surface area contributed by atoms with E-state index in [1.807, 2.05) is 30.5 Å². The van der Waals surface area contributed by atoms with Crippen LogP contribution in [0.5, 0.6) is 0 Å². The number of anilines is 3. The highest BCUT2D eigenvalue weighted by atomic mass is 32.1. The fourth-order valence-corrected chi connectivity index (χ4v) is 5.85. The van der Waals surface area contributed by atoms with E-state index in [0.29, 0.717) is 23.4 Å². The number of halogens is 1. The van der Waals surface area contributed by atoms with Crippen LogP contribution in [0.4, 0.5) is 21.3 Å². The van der Waals surface area contributed by atoms with Gasteiger partial charge in [0.05, 0.1) is 16.4 Å². The molecule has 1 aliphatic rings. The smallest absolute Gasteiger partial charge is 0.229 e. The topological polar surface area (TPSA) is 73.3 Å². The molecule has 200 valence electrons. The number of rotatable bonds is 9. The van der Waals surface area contributed by atoms with Crippen molar-refractivity contribution in [1.29, 1.82) is 0 Å². The molecule has 1 aliphatic heterocycles. The van der Waals surface area contributed by atoms with Crippen molar-refractivity contribution in [2.24, 2.45) is 0 Å². The predicted octanol–water partition coefficient (Wildman–Crippen LogP) is 5.40. The van der Waals surface area contributed by atoms with Gasteiger partial charge in [-0.1, -0.05) is 23.5 Å². The average molecular weight is 535 g/mol. The van der Waals surface area contributed by atoms with Gasteiger partial charge in [0.15, 0.2) is 10.9 Å². The summed E-state index contributed by atoms with van der Waals surface area (Å²) in [4.78, 5) is 25.1. The molecule has 0 unspecified atom stereocenters. The van der Waals surface area contributed by atoms with Crippen LogP contribution in [-0.2, 0) is 6.54 Å². The van der Waals surface area contributed by atoms with E-state index in [1.54, 1.807) is 11.3 Å². The Kier molecular flexibility index (Phi) is 8.11. The van der Waals surface area contributed by atoms with Crippen LogP contribution in [0.15, 0.2) is 42.7 Å². The van der Waals surface area contributed by atoms with Crippen LogP contribution >= 0.6 is 11.3 Å². The van der Waals surface area contributed by atoms with E-state index in [2.05, 4.69) is 68.7 Å². The van der Waals surface area contributed by atoms with E-state index in [9.17, 15) is 4.39 Å². The van der Waals surface area contributed by atoms with Crippen molar-refractivity contribution >= 4 is 38.5 Å². The maximum absolute atomic E-state index is 14.8. The van der Waals surface area contributed by atoms with Gasteiger partial charge in [-0.25, -0.2) is 24.3 Å². The Hall–Kier alpha value is -3.21. The van der Waals surface area contributed by atoms with E-state index < -0.39 is 5.82 Å². The summed E-state index contributed by atoms with van der Waals surface area (Å²) < 4.78 is 15.8. The molecule has 38 heavy (non-hydrogen) atoms. The van der Waals surface area contributed by atoms with Gasteiger partial charge >= 0.3 is 0 Å². The van der Waals surface area contributed by atoms with Gasteiger partial charge in [0.2, 0.25) is 5.95 Å². The van der Waals surface area contributed by atoms with Gasteiger partial charge in [0, 0.05) is 63.6 Å². The van der Waals surface area contributed by atoms with Crippen LogP contribution < -0.4 is 10.2 Å². The summed E-state index contributed by atoms with van der Waals surface area (Å²) in [6.07, 6.45) is 3.08. The van der Waals surface area contributed by atoms with Crippen molar-refractivity contribution in [3.63, 3.8) is 0 Å². The highest BCUT2D eigenvalue weighted by Gasteiger charge is 2.19. The normalized spacial score (nSPS) is 14.9. The minimum Gasteiger partial charge on any atom is -0.349 e. The summed E-state index contributed by atoms with van der Waals surface area (Å²) >= 11 is 1.61. The van der Waals surface area contributed by atoms with Crippen LogP contribution in [0.2, 0.25) is 0 Å². The first-order valence-electron chi connectivity index (χ1n) is 13.3. The van der Waals surface area contributed by atoms with Gasteiger partial charge in [-0.15, -0.1) is 0 Å². The molecule has 1 fully saturated rings. The molecule has 0 aliphatic carbocycles. The van der Waals surface area contributed by atoms with Gasteiger partial charge in [-0.3, -0.25) is 9.80 Å². The van der Waals surface area contributed by atoms with Crippen molar-refractivity contribution in [3.05, 3.63) is 54.1 Å². The number of aromatic nitrogens is 4. The highest BCUT2D eigenvalue weighted by Crippen LogP contribution is 2.32. The second-order valence-corrected chi connectivity index (χ2v) is 10.8. The molecular weight excluding hydrogens is 499 g/mol. The molecule has 1 saturated heterocycles. The average Bonchev–Trinajstić information content (AvgIpc) is 3.35.